The minimum Gasteiger partial charge on any atom is -0.481 e. The predicted octanol–water partition coefficient (Wildman–Crippen LogP) is 2.44. The molecule has 0 aliphatic heterocycles. The molecule has 0 fully saturated rings. The van der Waals surface area contributed by atoms with Gasteiger partial charge < -0.3 is 9.67 Å². The topological polar surface area (TPSA) is 60.0 Å². The Kier molecular flexibility index (Phi) is 3.48. The van der Waals surface area contributed by atoms with Gasteiger partial charge in [0, 0.05) is 36.8 Å². The lowest BCUT2D eigenvalue weighted by molar-refractivity contribution is -0.136. The quantitative estimate of drug-likeness (QED) is 0.782. The van der Waals surface area contributed by atoms with Crippen molar-refractivity contribution in [1.82, 2.24) is 14.3 Å². The summed E-state index contributed by atoms with van der Waals surface area (Å²) in [6.45, 7) is 0.689. The van der Waals surface area contributed by atoms with Crippen LogP contribution in [0.3, 0.4) is 0 Å². The molecule has 0 bridgehead atoms. The van der Waals surface area contributed by atoms with Crippen LogP contribution in [0.2, 0.25) is 0 Å². The lowest BCUT2D eigenvalue weighted by Crippen LogP contribution is -2.00. The smallest absolute Gasteiger partial charge is 0.303 e. The van der Waals surface area contributed by atoms with Crippen molar-refractivity contribution in [1.29, 1.82) is 0 Å². The molecule has 0 aliphatic carbocycles. The zero-order valence-electron chi connectivity index (χ0n) is 11.9. The molecule has 108 valence electrons. The van der Waals surface area contributed by atoms with E-state index in [1.54, 1.807) is 4.68 Å². The van der Waals surface area contributed by atoms with Crippen molar-refractivity contribution >= 4 is 16.9 Å². The van der Waals surface area contributed by atoms with Crippen molar-refractivity contribution in [3.63, 3.8) is 0 Å². The summed E-state index contributed by atoms with van der Waals surface area (Å²) in [5.74, 6) is -0.767. The van der Waals surface area contributed by atoms with E-state index in [1.807, 2.05) is 43.7 Å². The maximum absolute atomic E-state index is 10.8. The standard InChI is InChI=1S/C16H17N3O2/c1-18-9-8-13(17-18)11-19-10-12(6-7-16(20)21)14-4-2-3-5-15(14)19/h2-5,8-10H,6-7,11H2,1H3,(H,20,21). The van der Waals surface area contributed by atoms with Crippen LogP contribution in [0.15, 0.2) is 42.7 Å². The van der Waals surface area contributed by atoms with Gasteiger partial charge in [0.25, 0.3) is 0 Å². The van der Waals surface area contributed by atoms with Crippen LogP contribution in [-0.2, 0) is 24.8 Å². The molecule has 0 amide bonds. The van der Waals surface area contributed by atoms with Crippen LogP contribution in [0.4, 0.5) is 0 Å². The van der Waals surface area contributed by atoms with Gasteiger partial charge in [-0.25, -0.2) is 0 Å². The third kappa shape index (κ3) is 2.81. The molecule has 21 heavy (non-hydrogen) atoms. The first kappa shape index (κ1) is 13.4. The molecule has 0 atom stereocenters. The van der Waals surface area contributed by atoms with Crippen LogP contribution in [0.25, 0.3) is 10.9 Å². The highest BCUT2D eigenvalue weighted by Gasteiger charge is 2.10. The first-order chi connectivity index (χ1) is 10.1. The molecule has 0 saturated carbocycles. The number of fused-ring (bicyclic) bond motifs is 1. The van der Waals surface area contributed by atoms with Gasteiger partial charge >= 0.3 is 5.97 Å². The van der Waals surface area contributed by atoms with E-state index < -0.39 is 5.97 Å². The lowest BCUT2D eigenvalue weighted by Gasteiger charge is -2.02. The van der Waals surface area contributed by atoms with Gasteiger partial charge in [-0.3, -0.25) is 9.48 Å². The van der Waals surface area contributed by atoms with Crippen LogP contribution in [0, 0.1) is 0 Å². The minimum atomic E-state index is -0.767. The average Bonchev–Trinajstić information content (AvgIpc) is 3.02. The largest absolute Gasteiger partial charge is 0.481 e. The van der Waals surface area contributed by atoms with Gasteiger partial charge in [-0.15, -0.1) is 0 Å². The van der Waals surface area contributed by atoms with Crippen molar-refractivity contribution in [2.75, 3.05) is 0 Å². The van der Waals surface area contributed by atoms with Crippen LogP contribution in [-0.4, -0.2) is 25.4 Å². The van der Waals surface area contributed by atoms with E-state index in [1.165, 1.54) is 0 Å². The number of hydrogen-bond donors (Lipinski definition) is 1. The molecule has 0 aliphatic rings. The number of carbonyl (C=O) groups is 1. The molecule has 5 heteroatoms. The van der Waals surface area contributed by atoms with Crippen LogP contribution in [0.1, 0.15) is 17.7 Å². The fraction of sp³-hybridized carbons (Fsp3) is 0.250. The average molecular weight is 283 g/mol. The molecule has 3 rings (SSSR count). The van der Waals surface area contributed by atoms with Crippen LogP contribution < -0.4 is 0 Å². The molecule has 0 radical (unpaired) electrons. The highest BCUT2D eigenvalue weighted by atomic mass is 16.4. The summed E-state index contributed by atoms with van der Waals surface area (Å²) in [5, 5.41) is 14.4. The van der Waals surface area contributed by atoms with E-state index in [2.05, 4.69) is 15.7 Å². The summed E-state index contributed by atoms with van der Waals surface area (Å²) >= 11 is 0. The number of aromatic nitrogens is 3. The Labute approximate surface area is 122 Å². The van der Waals surface area contributed by atoms with Gasteiger partial charge in [0.15, 0.2) is 0 Å². The van der Waals surface area contributed by atoms with Gasteiger partial charge in [0.2, 0.25) is 0 Å². The molecule has 1 N–H and O–H groups in total. The van der Waals surface area contributed by atoms with E-state index in [0.717, 1.165) is 22.2 Å². The molecule has 1 aromatic carbocycles. The Morgan fingerprint density at radius 1 is 1.29 bits per heavy atom. The zero-order chi connectivity index (χ0) is 14.8. The molecule has 2 heterocycles. The second-order valence-corrected chi connectivity index (χ2v) is 5.17. The van der Waals surface area contributed by atoms with Gasteiger partial charge in [-0.1, -0.05) is 18.2 Å². The Bertz CT molecular complexity index is 786. The zero-order valence-corrected chi connectivity index (χ0v) is 11.9. The van der Waals surface area contributed by atoms with E-state index >= 15 is 0 Å². The number of rotatable bonds is 5. The maximum Gasteiger partial charge on any atom is 0.303 e. The number of carboxylic acid groups (broad SMARTS) is 1. The van der Waals surface area contributed by atoms with Crippen LogP contribution >= 0.6 is 0 Å². The van der Waals surface area contributed by atoms with E-state index in [-0.39, 0.29) is 6.42 Å². The van der Waals surface area contributed by atoms with Crippen LogP contribution in [0.5, 0.6) is 0 Å². The normalized spacial score (nSPS) is 11.1. The minimum absolute atomic E-state index is 0.150. The summed E-state index contributed by atoms with van der Waals surface area (Å²) in [6.07, 6.45) is 4.66. The molecule has 5 nitrogen and oxygen atoms in total. The summed E-state index contributed by atoms with van der Waals surface area (Å²) < 4.78 is 3.92. The fourth-order valence-corrected chi connectivity index (χ4v) is 2.62. The second-order valence-electron chi connectivity index (χ2n) is 5.17. The summed E-state index contributed by atoms with van der Waals surface area (Å²) in [5.41, 5.74) is 3.18. The Morgan fingerprint density at radius 3 is 2.81 bits per heavy atom. The molecule has 2 aromatic heterocycles. The van der Waals surface area contributed by atoms with E-state index in [4.69, 9.17) is 5.11 Å². The Hall–Kier alpha value is -2.56. The predicted molar refractivity (Wildman–Crippen MR) is 80.2 cm³/mol. The number of aliphatic carboxylic acids is 1. The molecule has 0 saturated heterocycles. The van der Waals surface area contributed by atoms with E-state index in [9.17, 15) is 4.79 Å². The van der Waals surface area contributed by atoms with Crippen molar-refractivity contribution in [2.24, 2.45) is 7.05 Å². The van der Waals surface area contributed by atoms with Gasteiger partial charge in [0.05, 0.1) is 12.2 Å². The van der Waals surface area contributed by atoms with Crippen molar-refractivity contribution in [3.8, 4) is 0 Å². The Morgan fingerprint density at radius 2 is 2.10 bits per heavy atom. The van der Waals surface area contributed by atoms with Crippen molar-refractivity contribution in [3.05, 3.63) is 54.0 Å². The summed E-state index contributed by atoms with van der Waals surface area (Å²) in [4.78, 5) is 10.8. The third-order valence-electron chi connectivity index (χ3n) is 3.58. The first-order valence-corrected chi connectivity index (χ1v) is 6.90. The third-order valence-corrected chi connectivity index (χ3v) is 3.58. The monoisotopic (exact) mass is 283 g/mol. The molecule has 3 aromatic rings. The molecule has 0 unspecified atom stereocenters. The summed E-state index contributed by atoms with van der Waals surface area (Å²) in [7, 11) is 1.90. The number of hydrogen-bond acceptors (Lipinski definition) is 2. The van der Waals surface area contributed by atoms with E-state index in [0.29, 0.717) is 13.0 Å². The number of carboxylic acids is 1. The van der Waals surface area contributed by atoms with Crippen molar-refractivity contribution < 1.29 is 9.90 Å². The van der Waals surface area contributed by atoms with Gasteiger partial charge in [-0.2, -0.15) is 5.10 Å². The highest BCUT2D eigenvalue weighted by molar-refractivity contribution is 5.84. The summed E-state index contributed by atoms with van der Waals surface area (Å²) in [6, 6.07) is 10.1. The number of para-hydroxylation sites is 1. The Balaban J connectivity index is 1.96. The lowest BCUT2D eigenvalue weighted by atomic mass is 10.1. The fourth-order valence-electron chi connectivity index (χ4n) is 2.62. The first-order valence-electron chi connectivity index (χ1n) is 6.90. The van der Waals surface area contributed by atoms with Crippen molar-refractivity contribution in [2.45, 2.75) is 19.4 Å². The molecular weight excluding hydrogens is 266 g/mol. The second kappa shape index (κ2) is 5.44. The highest BCUT2D eigenvalue weighted by Crippen LogP contribution is 2.23. The molecular formula is C16H17N3O2. The SMILES string of the molecule is Cn1ccc(Cn2cc(CCC(=O)O)c3ccccc32)n1. The maximum atomic E-state index is 10.8. The number of benzene rings is 1. The van der Waals surface area contributed by atoms with Gasteiger partial charge in [-0.05, 0) is 24.1 Å². The number of nitrogens with zero attached hydrogens (tertiary/aromatic N) is 3. The molecule has 0 spiro atoms. The number of aryl methyl sites for hydroxylation is 2. The van der Waals surface area contributed by atoms with Gasteiger partial charge in [0.1, 0.15) is 0 Å².